The second-order valence-electron chi connectivity index (χ2n) is 5.16. The maximum absolute atomic E-state index is 11.8. The third-order valence-corrected chi connectivity index (χ3v) is 4.13. The summed E-state index contributed by atoms with van der Waals surface area (Å²) in [6.07, 6.45) is 0.861. The summed E-state index contributed by atoms with van der Waals surface area (Å²) in [4.78, 5) is 23.4. The smallest absolute Gasteiger partial charge is 0.306 e. The van der Waals surface area contributed by atoms with Gasteiger partial charge in [0.2, 0.25) is 0 Å². The molecule has 0 saturated carbocycles. The first-order valence-electron chi connectivity index (χ1n) is 7.30. The number of hydrogen-bond acceptors (Lipinski definition) is 3. The highest BCUT2D eigenvalue weighted by Gasteiger charge is 2.09. The lowest BCUT2D eigenvalue weighted by Gasteiger charge is -2.08. The van der Waals surface area contributed by atoms with E-state index in [2.05, 4.69) is 21.2 Å². The third kappa shape index (κ3) is 5.87. The van der Waals surface area contributed by atoms with Gasteiger partial charge in [0.05, 0.1) is 0 Å². The Morgan fingerprint density at radius 3 is 2.57 bits per heavy atom. The lowest BCUT2D eigenvalue weighted by atomic mass is 10.1. The fourth-order valence-corrected chi connectivity index (χ4v) is 2.36. The van der Waals surface area contributed by atoms with Crippen molar-refractivity contribution in [3.63, 3.8) is 0 Å². The third-order valence-electron chi connectivity index (χ3n) is 3.28. The van der Waals surface area contributed by atoms with E-state index in [1.165, 1.54) is 0 Å². The van der Waals surface area contributed by atoms with E-state index in [0.717, 1.165) is 15.6 Å². The van der Waals surface area contributed by atoms with Crippen molar-refractivity contribution in [2.45, 2.75) is 19.8 Å². The number of anilines is 1. The van der Waals surface area contributed by atoms with Crippen molar-refractivity contribution in [2.75, 3.05) is 11.9 Å². The molecule has 0 bridgehead atoms. The predicted molar refractivity (Wildman–Crippen MR) is 93.2 cm³/mol. The van der Waals surface area contributed by atoms with Crippen molar-refractivity contribution >= 4 is 33.5 Å². The first-order chi connectivity index (χ1) is 11.0. The molecule has 2 aromatic rings. The summed E-state index contributed by atoms with van der Waals surface area (Å²) in [5.74, 6) is -0.733. The molecule has 1 amide bonds. The van der Waals surface area contributed by atoms with E-state index in [9.17, 15) is 9.59 Å². The lowest BCUT2D eigenvalue weighted by Crippen LogP contribution is -2.21. The van der Waals surface area contributed by atoms with Gasteiger partial charge in [0.25, 0.3) is 5.91 Å². The van der Waals surface area contributed by atoms with Crippen LogP contribution in [0.25, 0.3) is 0 Å². The Balaban J connectivity index is 1.73. The van der Waals surface area contributed by atoms with Crippen molar-refractivity contribution in [3.05, 3.63) is 64.1 Å². The molecule has 2 rings (SSSR count). The van der Waals surface area contributed by atoms with E-state index < -0.39 is 0 Å². The van der Waals surface area contributed by atoms with Gasteiger partial charge in [-0.1, -0.05) is 52.3 Å². The molecule has 5 heteroatoms. The van der Waals surface area contributed by atoms with Gasteiger partial charge in [-0.25, -0.2) is 0 Å². The van der Waals surface area contributed by atoms with E-state index >= 15 is 0 Å². The van der Waals surface area contributed by atoms with E-state index in [0.29, 0.717) is 12.1 Å². The van der Waals surface area contributed by atoms with Crippen LogP contribution < -0.4 is 5.32 Å². The molecule has 0 aliphatic heterocycles. The molecule has 0 aliphatic carbocycles. The molecule has 0 heterocycles. The van der Waals surface area contributed by atoms with E-state index in [4.69, 9.17) is 4.74 Å². The quantitative estimate of drug-likeness (QED) is 0.779. The number of amides is 1. The number of carbonyl (C=O) groups is 2. The van der Waals surface area contributed by atoms with E-state index in [1.807, 2.05) is 49.4 Å². The molecule has 4 nitrogen and oxygen atoms in total. The van der Waals surface area contributed by atoms with Crippen LogP contribution in [0, 0.1) is 6.92 Å². The number of aryl methyl sites for hydroxylation is 2. The van der Waals surface area contributed by atoms with Crippen LogP contribution in [0.3, 0.4) is 0 Å². The number of rotatable bonds is 6. The number of carbonyl (C=O) groups excluding carboxylic acids is 2. The van der Waals surface area contributed by atoms with Gasteiger partial charge in [0.15, 0.2) is 6.61 Å². The molecule has 0 unspecified atom stereocenters. The fraction of sp³-hybridized carbons (Fsp3) is 0.222. The molecule has 0 atom stereocenters. The van der Waals surface area contributed by atoms with Crippen LogP contribution in [0.5, 0.6) is 0 Å². The maximum atomic E-state index is 11.8. The van der Waals surface area contributed by atoms with Crippen molar-refractivity contribution in [3.8, 4) is 0 Å². The van der Waals surface area contributed by atoms with Crippen LogP contribution in [-0.2, 0) is 20.7 Å². The summed E-state index contributed by atoms with van der Waals surface area (Å²) < 4.78 is 5.90. The largest absolute Gasteiger partial charge is 0.456 e. The molecule has 0 saturated heterocycles. The topological polar surface area (TPSA) is 55.4 Å². The number of nitrogens with one attached hydrogen (secondary N) is 1. The highest BCUT2D eigenvalue weighted by molar-refractivity contribution is 9.10. The second kappa shape index (κ2) is 8.48. The van der Waals surface area contributed by atoms with Gasteiger partial charge in [-0.2, -0.15) is 0 Å². The first kappa shape index (κ1) is 17.2. The Labute approximate surface area is 144 Å². The molecular weight excluding hydrogens is 358 g/mol. The van der Waals surface area contributed by atoms with Crippen molar-refractivity contribution in [1.82, 2.24) is 0 Å². The summed E-state index contributed by atoms with van der Waals surface area (Å²) in [5, 5.41) is 2.69. The second-order valence-corrected chi connectivity index (χ2v) is 6.01. The van der Waals surface area contributed by atoms with Crippen LogP contribution >= 0.6 is 15.9 Å². The molecule has 0 radical (unpaired) electrons. The normalized spacial score (nSPS) is 10.2. The van der Waals surface area contributed by atoms with Crippen LogP contribution in [0.2, 0.25) is 0 Å². The number of ether oxygens (including phenoxy) is 1. The molecule has 0 spiro atoms. The van der Waals surface area contributed by atoms with Crippen LogP contribution in [0.1, 0.15) is 17.5 Å². The first-order valence-corrected chi connectivity index (χ1v) is 8.09. The van der Waals surface area contributed by atoms with Gasteiger partial charge in [-0.3, -0.25) is 9.59 Å². The van der Waals surface area contributed by atoms with Crippen molar-refractivity contribution < 1.29 is 14.3 Å². The summed E-state index contributed by atoms with van der Waals surface area (Å²) in [6, 6.07) is 15.2. The summed E-state index contributed by atoms with van der Waals surface area (Å²) in [7, 11) is 0. The Bertz CT molecular complexity index is 686. The van der Waals surface area contributed by atoms with Gasteiger partial charge in [0.1, 0.15) is 0 Å². The highest BCUT2D eigenvalue weighted by atomic mass is 79.9. The van der Waals surface area contributed by atoms with Crippen LogP contribution in [-0.4, -0.2) is 18.5 Å². The van der Waals surface area contributed by atoms with E-state index in [1.54, 1.807) is 6.07 Å². The standard InChI is InChI=1S/C18H18BrNO3/c1-13-7-9-15(11-16(13)19)20-17(21)12-23-18(22)10-8-14-5-3-2-4-6-14/h2-7,9,11H,8,10,12H2,1H3,(H,20,21). The Morgan fingerprint density at radius 1 is 1.13 bits per heavy atom. The molecule has 1 N–H and O–H groups in total. The molecule has 120 valence electrons. The zero-order valence-corrected chi connectivity index (χ0v) is 14.4. The Kier molecular flexibility index (Phi) is 6.35. The summed E-state index contributed by atoms with van der Waals surface area (Å²) >= 11 is 3.40. The number of hydrogen-bond donors (Lipinski definition) is 1. The fourth-order valence-electron chi connectivity index (χ4n) is 1.98. The van der Waals surface area contributed by atoms with Crippen LogP contribution in [0.4, 0.5) is 5.69 Å². The van der Waals surface area contributed by atoms with Gasteiger partial charge >= 0.3 is 5.97 Å². The van der Waals surface area contributed by atoms with Crippen molar-refractivity contribution in [1.29, 1.82) is 0 Å². The Morgan fingerprint density at radius 2 is 1.87 bits per heavy atom. The zero-order chi connectivity index (χ0) is 16.7. The van der Waals surface area contributed by atoms with E-state index in [-0.39, 0.29) is 24.9 Å². The number of benzene rings is 2. The maximum Gasteiger partial charge on any atom is 0.306 e. The molecule has 0 aromatic heterocycles. The van der Waals surface area contributed by atoms with Gasteiger partial charge in [-0.05, 0) is 36.6 Å². The number of halogens is 1. The Hall–Kier alpha value is -2.14. The minimum Gasteiger partial charge on any atom is -0.456 e. The monoisotopic (exact) mass is 375 g/mol. The van der Waals surface area contributed by atoms with Crippen molar-refractivity contribution in [2.24, 2.45) is 0 Å². The average molecular weight is 376 g/mol. The predicted octanol–water partition coefficient (Wildman–Crippen LogP) is 3.87. The van der Waals surface area contributed by atoms with Gasteiger partial charge < -0.3 is 10.1 Å². The molecule has 0 fully saturated rings. The summed E-state index contributed by atoms with van der Waals surface area (Å²) in [6.45, 7) is 1.68. The lowest BCUT2D eigenvalue weighted by molar-refractivity contribution is -0.147. The molecular formula is C18H18BrNO3. The zero-order valence-electron chi connectivity index (χ0n) is 12.8. The minimum absolute atomic E-state index is 0.257. The molecule has 0 aliphatic rings. The number of esters is 1. The SMILES string of the molecule is Cc1ccc(NC(=O)COC(=O)CCc2ccccc2)cc1Br. The molecule has 23 heavy (non-hydrogen) atoms. The minimum atomic E-state index is -0.380. The van der Waals surface area contributed by atoms with Gasteiger partial charge in [0, 0.05) is 16.6 Å². The molecule has 2 aromatic carbocycles. The van der Waals surface area contributed by atoms with Gasteiger partial charge in [-0.15, -0.1) is 0 Å². The van der Waals surface area contributed by atoms with Crippen LogP contribution in [0.15, 0.2) is 53.0 Å². The highest BCUT2D eigenvalue weighted by Crippen LogP contribution is 2.20. The summed E-state index contributed by atoms with van der Waals surface area (Å²) in [5.41, 5.74) is 2.81. The average Bonchev–Trinajstić information content (AvgIpc) is 2.55.